The summed E-state index contributed by atoms with van der Waals surface area (Å²) in [5.41, 5.74) is 5.44. The van der Waals surface area contributed by atoms with E-state index in [1.54, 1.807) is 18.2 Å². The third-order valence-electron chi connectivity index (χ3n) is 4.42. The number of amides is 1. The van der Waals surface area contributed by atoms with Crippen LogP contribution in [0.1, 0.15) is 17.3 Å². The number of rotatable bonds is 6. The van der Waals surface area contributed by atoms with Crippen LogP contribution in [0.15, 0.2) is 92.9 Å². The number of benzene rings is 3. The summed E-state index contributed by atoms with van der Waals surface area (Å²) < 4.78 is 12.4. The van der Waals surface area contributed by atoms with E-state index in [0.717, 1.165) is 15.5 Å². The molecule has 4 rings (SSSR count). The Balaban J connectivity index is 1.73. The van der Waals surface area contributed by atoms with Crippen LogP contribution in [-0.2, 0) is 0 Å². The smallest absolute Gasteiger partial charge is 0.261 e. The van der Waals surface area contributed by atoms with Gasteiger partial charge in [-0.1, -0.05) is 40.2 Å². The van der Waals surface area contributed by atoms with Crippen LogP contribution in [0, 0.1) is 0 Å². The molecule has 0 radical (unpaired) electrons. The van der Waals surface area contributed by atoms with Gasteiger partial charge < -0.3 is 14.5 Å². The van der Waals surface area contributed by atoms with Crippen LogP contribution >= 0.6 is 15.9 Å². The van der Waals surface area contributed by atoms with E-state index >= 15 is 0 Å². The first-order chi connectivity index (χ1) is 15.1. The van der Waals surface area contributed by atoms with Gasteiger partial charge in [-0.15, -0.1) is 5.10 Å². The molecule has 1 heterocycles. The first-order valence-electron chi connectivity index (χ1n) is 9.75. The van der Waals surface area contributed by atoms with Crippen molar-refractivity contribution in [1.29, 1.82) is 0 Å². The van der Waals surface area contributed by atoms with Gasteiger partial charge in [0.05, 0.1) is 12.3 Å². The number of hydrogen-bond donors (Lipinski definition) is 2. The Hall–Kier alpha value is -3.58. The first-order valence-corrected chi connectivity index (χ1v) is 10.5. The van der Waals surface area contributed by atoms with E-state index < -0.39 is 0 Å². The third kappa shape index (κ3) is 5.13. The molecule has 4 aromatic rings. The van der Waals surface area contributed by atoms with Crippen LogP contribution in [0.2, 0.25) is 0 Å². The molecule has 1 aromatic heterocycles. The number of ether oxygens (including phenoxy) is 1. The molecule has 3 aromatic carbocycles. The highest BCUT2D eigenvalue weighted by Gasteiger charge is 2.14. The van der Waals surface area contributed by atoms with Gasteiger partial charge in [-0.2, -0.15) is 0 Å². The van der Waals surface area contributed by atoms with Crippen molar-refractivity contribution in [3.05, 3.63) is 94.5 Å². The Morgan fingerprint density at radius 3 is 2.61 bits per heavy atom. The van der Waals surface area contributed by atoms with Crippen LogP contribution in [-0.4, -0.2) is 12.5 Å². The predicted molar refractivity (Wildman–Crippen MR) is 125 cm³/mol. The van der Waals surface area contributed by atoms with Crippen LogP contribution in [0.4, 0.5) is 11.4 Å². The summed E-state index contributed by atoms with van der Waals surface area (Å²) in [6.07, 6.45) is 0. The van der Waals surface area contributed by atoms with Gasteiger partial charge >= 0.3 is 0 Å². The molecule has 0 aliphatic heterocycles. The lowest BCUT2D eigenvalue weighted by Crippen LogP contribution is -2.22. The lowest BCUT2D eigenvalue weighted by atomic mass is 10.1. The van der Waals surface area contributed by atoms with Crippen molar-refractivity contribution in [3.63, 3.8) is 0 Å². The Labute approximate surface area is 187 Å². The summed E-state index contributed by atoms with van der Waals surface area (Å²) in [5.74, 6) is 0.343. The number of para-hydroxylation sites is 1. The summed E-state index contributed by atoms with van der Waals surface area (Å²) in [5, 5.41) is 8.02. The minimum atomic E-state index is -0.340. The van der Waals surface area contributed by atoms with Gasteiger partial charge in [0.15, 0.2) is 0 Å². The number of carbonyl (C=O) groups excluding carboxylic acids is 1. The lowest BCUT2D eigenvalue weighted by molar-refractivity contribution is 0.102. The molecule has 0 spiro atoms. The maximum absolute atomic E-state index is 13.1. The molecule has 0 fully saturated rings. The zero-order valence-electron chi connectivity index (χ0n) is 16.8. The SMILES string of the molecule is CCOc1cccc(NC(=O)c2cc3cc(Br)ccc3o/c2=N/Nc2ccccc2)c1. The molecule has 7 heteroatoms. The lowest BCUT2D eigenvalue weighted by Gasteiger charge is -2.09. The van der Waals surface area contributed by atoms with Crippen molar-refractivity contribution in [2.75, 3.05) is 17.3 Å². The van der Waals surface area contributed by atoms with E-state index in [2.05, 4.69) is 31.8 Å². The fourth-order valence-electron chi connectivity index (χ4n) is 3.00. The average Bonchev–Trinajstić information content (AvgIpc) is 2.78. The minimum absolute atomic E-state index is 0.178. The molecule has 31 heavy (non-hydrogen) atoms. The van der Waals surface area contributed by atoms with E-state index in [4.69, 9.17) is 9.15 Å². The van der Waals surface area contributed by atoms with Crippen molar-refractivity contribution in [3.8, 4) is 5.75 Å². The van der Waals surface area contributed by atoms with Crippen molar-refractivity contribution in [1.82, 2.24) is 0 Å². The third-order valence-corrected chi connectivity index (χ3v) is 4.91. The number of halogens is 1. The predicted octanol–water partition coefficient (Wildman–Crippen LogP) is 5.77. The van der Waals surface area contributed by atoms with Gasteiger partial charge in [0.25, 0.3) is 5.91 Å². The van der Waals surface area contributed by atoms with E-state index in [-0.39, 0.29) is 11.5 Å². The Morgan fingerprint density at radius 2 is 1.81 bits per heavy atom. The number of carbonyl (C=O) groups is 1. The van der Waals surface area contributed by atoms with Gasteiger partial charge in [0.1, 0.15) is 16.9 Å². The number of nitrogens with one attached hydrogen (secondary N) is 2. The van der Waals surface area contributed by atoms with E-state index in [1.807, 2.05) is 67.6 Å². The maximum atomic E-state index is 13.1. The van der Waals surface area contributed by atoms with E-state index in [0.29, 0.717) is 29.2 Å². The molecule has 0 atom stereocenters. The molecule has 0 aliphatic rings. The Kier molecular flexibility index (Phi) is 6.33. The summed E-state index contributed by atoms with van der Waals surface area (Å²) >= 11 is 3.46. The van der Waals surface area contributed by atoms with Crippen molar-refractivity contribution in [2.45, 2.75) is 6.92 Å². The summed E-state index contributed by atoms with van der Waals surface area (Å²) in [7, 11) is 0. The highest BCUT2D eigenvalue weighted by Crippen LogP contribution is 2.21. The van der Waals surface area contributed by atoms with Gasteiger partial charge in [-0.05, 0) is 55.5 Å². The largest absolute Gasteiger partial charge is 0.494 e. The Bertz CT molecular complexity index is 1290. The normalized spacial score (nSPS) is 11.4. The summed E-state index contributed by atoms with van der Waals surface area (Å²) in [6, 6.07) is 24.0. The molecule has 156 valence electrons. The molecule has 0 bridgehead atoms. The van der Waals surface area contributed by atoms with E-state index in [9.17, 15) is 4.79 Å². The Morgan fingerprint density at radius 1 is 1.00 bits per heavy atom. The van der Waals surface area contributed by atoms with Gasteiger partial charge in [0, 0.05) is 21.6 Å². The van der Waals surface area contributed by atoms with Gasteiger partial charge in [-0.3, -0.25) is 10.2 Å². The average molecular weight is 478 g/mol. The minimum Gasteiger partial charge on any atom is -0.494 e. The second-order valence-electron chi connectivity index (χ2n) is 6.65. The molecule has 0 aliphatic carbocycles. The standard InChI is InChI=1S/C24H20BrN3O3/c1-2-30-20-10-6-9-19(15-20)26-23(29)21-14-16-13-17(25)11-12-22(16)31-24(21)28-27-18-7-4-3-5-8-18/h3-15,27H,2H2,1H3,(H,26,29)/b28-24+. The monoisotopic (exact) mass is 477 g/mol. The fourth-order valence-corrected chi connectivity index (χ4v) is 3.38. The zero-order valence-corrected chi connectivity index (χ0v) is 18.3. The second kappa shape index (κ2) is 9.49. The highest BCUT2D eigenvalue weighted by atomic mass is 79.9. The first kappa shape index (κ1) is 20.7. The topological polar surface area (TPSA) is 75.9 Å². The van der Waals surface area contributed by atoms with Crippen LogP contribution in [0.5, 0.6) is 5.75 Å². The second-order valence-corrected chi connectivity index (χ2v) is 7.57. The van der Waals surface area contributed by atoms with E-state index in [1.165, 1.54) is 0 Å². The van der Waals surface area contributed by atoms with Crippen molar-refractivity contribution in [2.24, 2.45) is 5.10 Å². The van der Waals surface area contributed by atoms with Crippen LogP contribution in [0.25, 0.3) is 11.0 Å². The fraction of sp³-hybridized carbons (Fsp3) is 0.0833. The molecule has 2 N–H and O–H groups in total. The number of nitrogens with zero attached hydrogens (tertiary/aromatic N) is 1. The van der Waals surface area contributed by atoms with Crippen molar-refractivity contribution < 1.29 is 13.9 Å². The highest BCUT2D eigenvalue weighted by molar-refractivity contribution is 9.10. The van der Waals surface area contributed by atoms with Gasteiger partial charge in [0.2, 0.25) is 5.55 Å². The molecular weight excluding hydrogens is 458 g/mol. The van der Waals surface area contributed by atoms with Gasteiger partial charge in [-0.25, -0.2) is 0 Å². The molecular formula is C24H20BrN3O3. The summed E-state index contributed by atoms with van der Waals surface area (Å²) in [6.45, 7) is 2.46. The van der Waals surface area contributed by atoms with Crippen LogP contribution < -0.4 is 21.0 Å². The quantitative estimate of drug-likeness (QED) is 0.345. The number of fused-ring (bicyclic) bond motifs is 1. The maximum Gasteiger partial charge on any atom is 0.261 e. The van der Waals surface area contributed by atoms with Crippen LogP contribution in [0.3, 0.4) is 0 Å². The zero-order chi connectivity index (χ0) is 21.6. The van der Waals surface area contributed by atoms with Crippen molar-refractivity contribution >= 4 is 44.2 Å². The molecule has 0 unspecified atom stereocenters. The molecule has 0 saturated heterocycles. The molecule has 0 saturated carbocycles. The summed E-state index contributed by atoms with van der Waals surface area (Å²) in [4.78, 5) is 13.1. The number of anilines is 2. The molecule has 6 nitrogen and oxygen atoms in total. The number of hydrogen-bond acceptors (Lipinski definition) is 5. The molecule has 1 amide bonds.